The lowest BCUT2D eigenvalue weighted by molar-refractivity contribution is 0.566. The van der Waals surface area contributed by atoms with Crippen molar-refractivity contribution >= 4 is 32.7 Å². The Balaban J connectivity index is 2.17. The van der Waals surface area contributed by atoms with E-state index in [0.29, 0.717) is 6.54 Å². The molecule has 0 aliphatic rings. The largest absolute Gasteiger partial charge is 0.326 e. The van der Waals surface area contributed by atoms with Gasteiger partial charge in [0.25, 0.3) is 0 Å². The minimum absolute atomic E-state index is 0.261. The van der Waals surface area contributed by atoms with Gasteiger partial charge in [-0.1, -0.05) is 0 Å². The van der Waals surface area contributed by atoms with E-state index < -0.39 is 10.0 Å². The van der Waals surface area contributed by atoms with Crippen LogP contribution in [0.2, 0.25) is 0 Å². The quantitative estimate of drug-likeness (QED) is 0.880. The van der Waals surface area contributed by atoms with Gasteiger partial charge in [0.15, 0.2) is 0 Å². The summed E-state index contributed by atoms with van der Waals surface area (Å²) in [4.78, 5) is 5.19. The number of thiophene rings is 1. The van der Waals surface area contributed by atoms with Crippen LogP contribution in [0.3, 0.4) is 0 Å². The Morgan fingerprint density at radius 1 is 1.50 bits per heavy atom. The minimum atomic E-state index is -3.50. The van der Waals surface area contributed by atoms with Crippen LogP contribution in [-0.4, -0.2) is 13.4 Å². The monoisotopic (exact) mass is 303 g/mol. The molecule has 5 nitrogen and oxygen atoms in total. The molecular weight excluding hydrogens is 290 g/mol. The minimum Gasteiger partial charge on any atom is -0.326 e. The van der Waals surface area contributed by atoms with Gasteiger partial charge in [-0.3, -0.25) is 0 Å². The molecule has 1 unspecified atom stereocenters. The predicted molar refractivity (Wildman–Crippen MR) is 73.1 cm³/mol. The fourth-order valence-corrected chi connectivity index (χ4v) is 4.49. The molecule has 8 heteroatoms. The van der Waals surface area contributed by atoms with E-state index in [0.717, 1.165) is 9.88 Å². The Morgan fingerprint density at radius 2 is 2.28 bits per heavy atom. The lowest BCUT2D eigenvalue weighted by atomic mass is 10.4. The molecule has 2 rings (SSSR count). The Bertz CT molecular complexity index is 604. The maximum atomic E-state index is 12.1. The number of nitrogens with one attached hydrogen (secondary N) is 1. The van der Waals surface area contributed by atoms with E-state index >= 15 is 0 Å². The smallest absolute Gasteiger partial charge is 0.242 e. The van der Waals surface area contributed by atoms with E-state index in [4.69, 9.17) is 5.73 Å². The molecule has 1 atom stereocenters. The highest BCUT2D eigenvalue weighted by molar-refractivity contribution is 7.89. The van der Waals surface area contributed by atoms with Crippen molar-refractivity contribution in [1.29, 1.82) is 0 Å². The van der Waals surface area contributed by atoms with E-state index in [9.17, 15) is 8.42 Å². The Morgan fingerprint density at radius 3 is 2.83 bits per heavy atom. The molecule has 0 fully saturated rings. The standard InChI is InChI=1S/C10H13N3O2S3/c1-7(10-12-2-3-16-10)13-18(14,15)9-4-8(5-11)17-6-9/h2-4,6-7,13H,5,11H2,1H3. The normalized spacial score (nSPS) is 13.7. The zero-order valence-electron chi connectivity index (χ0n) is 9.66. The Labute approximate surface area is 114 Å². The number of nitrogens with zero attached hydrogens (tertiary/aromatic N) is 1. The van der Waals surface area contributed by atoms with Gasteiger partial charge in [0, 0.05) is 28.4 Å². The summed E-state index contributed by atoms with van der Waals surface area (Å²) in [6, 6.07) is 1.26. The molecule has 0 aliphatic heterocycles. The molecule has 2 aromatic rings. The van der Waals surface area contributed by atoms with Crippen LogP contribution in [0.4, 0.5) is 0 Å². The first kappa shape index (κ1) is 13.6. The van der Waals surface area contributed by atoms with Crippen molar-refractivity contribution in [2.45, 2.75) is 24.4 Å². The van der Waals surface area contributed by atoms with Gasteiger partial charge in [-0.2, -0.15) is 0 Å². The van der Waals surface area contributed by atoms with Crippen LogP contribution in [-0.2, 0) is 16.6 Å². The maximum absolute atomic E-state index is 12.1. The molecular formula is C10H13N3O2S3. The first-order valence-electron chi connectivity index (χ1n) is 5.22. The highest BCUT2D eigenvalue weighted by atomic mass is 32.2. The van der Waals surface area contributed by atoms with Gasteiger partial charge >= 0.3 is 0 Å². The van der Waals surface area contributed by atoms with Crippen molar-refractivity contribution in [3.8, 4) is 0 Å². The molecule has 2 heterocycles. The second-order valence-electron chi connectivity index (χ2n) is 3.67. The lowest BCUT2D eigenvalue weighted by Gasteiger charge is -2.10. The van der Waals surface area contributed by atoms with Gasteiger partial charge in [-0.25, -0.2) is 18.1 Å². The highest BCUT2D eigenvalue weighted by Crippen LogP contribution is 2.22. The summed E-state index contributed by atoms with van der Waals surface area (Å²) in [5.74, 6) is 0. The van der Waals surface area contributed by atoms with Gasteiger partial charge in [0.05, 0.1) is 10.9 Å². The molecule has 18 heavy (non-hydrogen) atoms. The number of sulfonamides is 1. The third kappa shape index (κ3) is 2.96. The second-order valence-corrected chi connectivity index (χ2v) is 7.30. The summed E-state index contributed by atoms with van der Waals surface area (Å²) < 4.78 is 26.8. The van der Waals surface area contributed by atoms with Gasteiger partial charge in [0.2, 0.25) is 10.0 Å². The SMILES string of the molecule is CC(NS(=O)(=O)c1csc(CN)c1)c1nccs1. The van der Waals surface area contributed by atoms with Crippen molar-refractivity contribution in [1.82, 2.24) is 9.71 Å². The van der Waals surface area contributed by atoms with Crippen molar-refractivity contribution in [2.24, 2.45) is 5.73 Å². The van der Waals surface area contributed by atoms with Crippen molar-refractivity contribution in [2.75, 3.05) is 0 Å². The van der Waals surface area contributed by atoms with Crippen LogP contribution < -0.4 is 10.5 Å². The molecule has 0 bridgehead atoms. The zero-order valence-corrected chi connectivity index (χ0v) is 12.1. The summed E-state index contributed by atoms with van der Waals surface area (Å²) in [6.07, 6.45) is 1.65. The van der Waals surface area contributed by atoms with Crippen LogP contribution in [0.5, 0.6) is 0 Å². The van der Waals surface area contributed by atoms with Crippen molar-refractivity contribution in [3.05, 3.63) is 32.9 Å². The van der Waals surface area contributed by atoms with Crippen LogP contribution in [0.25, 0.3) is 0 Å². The summed E-state index contributed by atoms with van der Waals surface area (Å²) in [7, 11) is -3.50. The predicted octanol–water partition coefficient (Wildman–Crippen LogP) is 1.70. The topological polar surface area (TPSA) is 85.1 Å². The molecule has 0 aliphatic carbocycles. The molecule has 0 amide bonds. The third-order valence-electron chi connectivity index (χ3n) is 2.29. The van der Waals surface area contributed by atoms with E-state index in [1.54, 1.807) is 24.6 Å². The van der Waals surface area contributed by atoms with E-state index in [2.05, 4.69) is 9.71 Å². The van der Waals surface area contributed by atoms with Gasteiger partial charge in [-0.15, -0.1) is 22.7 Å². The summed E-state index contributed by atoms with van der Waals surface area (Å²) in [5.41, 5.74) is 5.47. The van der Waals surface area contributed by atoms with Crippen LogP contribution >= 0.6 is 22.7 Å². The Kier molecular flexibility index (Phi) is 4.13. The van der Waals surface area contributed by atoms with E-state index in [-0.39, 0.29) is 10.9 Å². The molecule has 0 aromatic carbocycles. The average Bonchev–Trinajstić information content (AvgIpc) is 3.00. The van der Waals surface area contributed by atoms with Gasteiger partial charge in [-0.05, 0) is 13.0 Å². The number of hydrogen-bond acceptors (Lipinski definition) is 6. The van der Waals surface area contributed by atoms with Crippen molar-refractivity contribution < 1.29 is 8.42 Å². The zero-order chi connectivity index (χ0) is 13.2. The average molecular weight is 303 g/mol. The van der Waals surface area contributed by atoms with Crippen LogP contribution in [0.15, 0.2) is 27.9 Å². The molecule has 2 aromatic heterocycles. The summed E-state index contributed by atoms with van der Waals surface area (Å²) in [5, 5.41) is 4.16. The highest BCUT2D eigenvalue weighted by Gasteiger charge is 2.20. The summed E-state index contributed by atoms with van der Waals surface area (Å²) >= 11 is 2.76. The number of nitrogens with two attached hydrogens (primary N) is 1. The number of rotatable bonds is 5. The van der Waals surface area contributed by atoms with Crippen LogP contribution in [0.1, 0.15) is 22.9 Å². The lowest BCUT2D eigenvalue weighted by Crippen LogP contribution is -2.26. The molecule has 0 saturated heterocycles. The fraction of sp³-hybridized carbons (Fsp3) is 0.300. The molecule has 0 radical (unpaired) electrons. The second kappa shape index (κ2) is 5.45. The van der Waals surface area contributed by atoms with Crippen LogP contribution in [0, 0.1) is 0 Å². The first-order valence-corrected chi connectivity index (χ1v) is 8.46. The molecule has 0 spiro atoms. The van der Waals surface area contributed by atoms with Gasteiger partial charge in [0.1, 0.15) is 5.01 Å². The van der Waals surface area contributed by atoms with Gasteiger partial charge < -0.3 is 5.73 Å². The molecule has 98 valence electrons. The molecule has 3 N–H and O–H groups in total. The Hall–Kier alpha value is -0.800. The third-order valence-corrected chi connectivity index (χ3v) is 5.88. The maximum Gasteiger partial charge on any atom is 0.242 e. The number of thiazole rings is 1. The van der Waals surface area contributed by atoms with E-state index in [1.165, 1.54) is 22.7 Å². The fourth-order valence-electron chi connectivity index (χ4n) is 1.41. The summed E-state index contributed by atoms with van der Waals surface area (Å²) in [6.45, 7) is 2.12. The van der Waals surface area contributed by atoms with Crippen molar-refractivity contribution in [3.63, 3.8) is 0 Å². The first-order chi connectivity index (χ1) is 8.53. The molecule has 0 saturated carbocycles. The number of hydrogen-bond donors (Lipinski definition) is 2. The van der Waals surface area contributed by atoms with E-state index in [1.807, 2.05) is 5.38 Å². The number of aromatic nitrogens is 1.